The number of carbonyl (C=O) groups is 2. The molecule has 2 N–H and O–H groups in total. The highest BCUT2D eigenvalue weighted by Gasteiger charge is 2.28. The molecule has 0 aliphatic heterocycles. The smallest absolute Gasteiger partial charge is 0.255 e. The van der Waals surface area contributed by atoms with Gasteiger partial charge in [0.15, 0.2) is 5.82 Å². The minimum Gasteiger partial charge on any atom is -0.343 e. The lowest BCUT2D eigenvalue weighted by Crippen LogP contribution is -2.23. The Hall–Kier alpha value is -3.48. The number of nitrogens with zero attached hydrogens (tertiary/aromatic N) is 2. The Bertz CT molecular complexity index is 947. The van der Waals surface area contributed by atoms with Crippen LogP contribution in [0.15, 0.2) is 59.1 Å². The fraction of sp³-hybridized carbons (Fsp3) is 0.200. The third-order valence-corrected chi connectivity index (χ3v) is 4.27. The molecule has 136 valence electrons. The summed E-state index contributed by atoms with van der Waals surface area (Å²) >= 11 is 0. The van der Waals surface area contributed by atoms with Crippen LogP contribution in [0.3, 0.4) is 0 Å². The van der Waals surface area contributed by atoms with Crippen molar-refractivity contribution in [1.82, 2.24) is 15.5 Å². The highest BCUT2D eigenvalue weighted by molar-refractivity contribution is 6.04. The van der Waals surface area contributed by atoms with E-state index < -0.39 is 0 Å². The molecule has 0 unspecified atom stereocenters. The molecule has 2 amide bonds. The summed E-state index contributed by atoms with van der Waals surface area (Å²) in [5.41, 5.74) is 1.67. The van der Waals surface area contributed by atoms with Crippen LogP contribution in [0.4, 0.5) is 5.69 Å². The maximum atomic E-state index is 12.2. The van der Waals surface area contributed by atoms with E-state index >= 15 is 0 Å². The molecule has 4 rings (SSSR count). The number of hydrogen-bond donors (Lipinski definition) is 2. The van der Waals surface area contributed by atoms with Gasteiger partial charge in [0.2, 0.25) is 5.89 Å². The SMILES string of the molecule is O=C(NCc1nc(C2CC2)no1)c1ccc(NC(=O)c2ccccc2)cc1. The highest BCUT2D eigenvalue weighted by atomic mass is 16.5. The van der Waals surface area contributed by atoms with E-state index in [-0.39, 0.29) is 18.4 Å². The average molecular weight is 362 g/mol. The lowest BCUT2D eigenvalue weighted by atomic mass is 10.1. The van der Waals surface area contributed by atoms with Gasteiger partial charge in [0.05, 0.1) is 6.54 Å². The number of nitrogens with one attached hydrogen (secondary N) is 2. The Labute approximate surface area is 155 Å². The van der Waals surface area contributed by atoms with Gasteiger partial charge in [0, 0.05) is 22.7 Å². The summed E-state index contributed by atoms with van der Waals surface area (Å²) < 4.78 is 5.13. The molecule has 7 heteroatoms. The predicted octanol–water partition coefficient (Wildman–Crippen LogP) is 3.13. The topological polar surface area (TPSA) is 97.1 Å². The summed E-state index contributed by atoms with van der Waals surface area (Å²) in [6, 6.07) is 15.6. The van der Waals surface area contributed by atoms with Gasteiger partial charge in [0.25, 0.3) is 11.8 Å². The van der Waals surface area contributed by atoms with Crippen LogP contribution in [0.25, 0.3) is 0 Å². The Kier molecular flexibility index (Phi) is 4.65. The molecule has 7 nitrogen and oxygen atoms in total. The minimum absolute atomic E-state index is 0.186. The monoisotopic (exact) mass is 362 g/mol. The van der Waals surface area contributed by atoms with E-state index in [1.165, 1.54) is 0 Å². The van der Waals surface area contributed by atoms with Crippen molar-refractivity contribution in [3.63, 3.8) is 0 Å². The quantitative estimate of drug-likeness (QED) is 0.702. The molecule has 1 aromatic heterocycles. The maximum Gasteiger partial charge on any atom is 0.255 e. The first-order chi connectivity index (χ1) is 13.2. The predicted molar refractivity (Wildman–Crippen MR) is 98.3 cm³/mol. The van der Waals surface area contributed by atoms with Gasteiger partial charge in [-0.2, -0.15) is 4.98 Å². The Morgan fingerprint density at radius 2 is 1.67 bits per heavy atom. The number of benzene rings is 2. The number of anilines is 1. The fourth-order valence-electron chi connectivity index (χ4n) is 2.60. The number of hydrogen-bond acceptors (Lipinski definition) is 5. The second-order valence-electron chi connectivity index (χ2n) is 6.40. The third kappa shape index (κ3) is 4.20. The molecule has 1 fully saturated rings. The molecule has 0 bridgehead atoms. The number of rotatable bonds is 6. The van der Waals surface area contributed by atoms with Crippen LogP contribution in [-0.2, 0) is 6.54 Å². The summed E-state index contributed by atoms with van der Waals surface area (Å²) in [4.78, 5) is 28.6. The summed E-state index contributed by atoms with van der Waals surface area (Å²) in [6.45, 7) is 0.186. The van der Waals surface area contributed by atoms with Gasteiger partial charge >= 0.3 is 0 Å². The van der Waals surface area contributed by atoms with Crippen molar-refractivity contribution in [3.8, 4) is 0 Å². The number of aromatic nitrogens is 2. The van der Waals surface area contributed by atoms with Crippen LogP contribution >= 0.6 is 0 Å². The zero-order valence-corrected chi connectivity index (χ0v) is 14.5. The standard InChI is InChI=1S/C20H18N4O3/c25-19(21-12-17-23-18(24-27-17)13-6-7-13)15-8-10-16(11-9-15)22-20(26)14-4-2-1-3-5-14/h1-5,8-11,13H,6-7,12H2,(H,21,25)(H,22,26). The van der Waals surface area contributed by atoms with E-state index in [1.54, 1.807) is 48.5 Å². The molecule has 1 heterocycles. The lowest BCUT2D eigenvalue weighted by Gasteiger charge is -2.07. The van der Waals surface area contributed by atoms with Gasteiger partial charge in [-0.3, -0.25) is 9.59 Å². The second kappa shape index (κ2) is 7.41. The summed E-state index contributed by atoms with van der Waals surface area (Å²) in [5.74, 6) is 1.09. The molecule has 2 aromatic carbocycles. The number of amides is 2. The molecule has 1 aliphatic carbocycles. The Balaban J connectivity index is 1.32. The van der Waals surface area contributed by atoms with Crippen LogP contribution in [-0.4, -0.2) is 22.0 Å². The zero-order chi connectivity index (χ0) is 18.6. The Morgan fingerprint density at radius 1 is 0.963 bits per heavy atom. The normalized spacial score (nSPS) is 13.2. The van der Waals surface area contributed by atoms with Crippen molar-refractivity contribution in [2.75, 3.05) is 5.32 Å². The largest absolute Gasteiger partial charge is 0.343 e. The van der Waals surface area contributed by atoms with Gasteiger partial charge < -0.3 is 15.2 Å². The molecule has 1 saturated carbocycles. The molecule has 27 heavy (non-hydrogen) atoms. The molecular formula is C20H18N4O3. The van der Waals surface area contributed by atoms with Gasteiger partial charge in [0.1, 0.15) is 0 Å². The minimum atomic E-state index is -0.248. The number of carbonyl (C=O) groups excluding carboxylic acids is 2. The summed E-state index contributed by atoms with van der Waals surface area (Å²) in [5, 5.41) is 9.46. The van der Waals surface area contributed by atoms with E-state index in [1.807, 2.05) is 6.07 Å². The fourth-order valence-corrected chi connectivity index (χ4v) is 2.60. The summed E-state index contributed by atoms with van der Waals surface area (Å²) in [6.07, 6.45) is 2.19. The van der Waals surface area contributed by atoms with Crippen molar-refractivity contribution in [2.24, 2.45) is 0 Å². The molecular weight excluding hydrogens is 344 g/mol. The first-order valence-electron chi connectivity index (χ1n) is 8.76. The lowest BCUT2D eigenvalue weighted by molar-refractivity contribution is 0.0945. The molecule has 0 atom stereocenters. The van der Waals surface area contributed by atoms with Crippen LogP contribution in [0.2, 0.25) is 0 Å². The first kappa shape index (κ1) is 17.0. The van der Waals surface area contributed by atoms with Crippen molar-refractivity contribution in [1.29, 1.82) is 0 Å². The van der Waals surface area contributed by atoms with Crippen molar-refractivity contribution in [3.05, 3.63) is 77.4 Å². The van der Waals surface area contributed by atoms with Crippen LogP contribution in [0.5, 0.6) is 0 Å². The van der Waals surface area contributed by atoms with Gasteiger partial charge in [-0.1, -0.05) is 23.4 Å². The van der Waals surface area contributed by atoms with Crippen molar-refractivity contribution < 1.29 is 14.1 Å². The zero-order valence-electron chi connectivity index (χ0n) is 14.5. The van der Waals surface area contributed by atoms with E-state index in [9.17, 15) is 9.59 Å². The van der Waals surface area contributed by atoms with E-state index in [4.69, 9.17) is 4.52 Å². The van der Waals surface area contributed by atoms with Crippen molar-refractivity contribution >= 4 is 17.5 Å². The van der Waals surface area contributed by atoms with Crippen LogP contribution in [0, 0.1) is 0 Å². The summed E-state index contributed by atoms with van der Waals surface area (Å²) in [7, 11) is 0. The molecule has 1 aliphatic rings. The maximum absolute atomic E-state index is 12.2. The van der Waals surface area contributed by atoms with E-state index in [0.717, 1.165) is 18.7 Å². The Morgan fingerprint density at radius 3 is 2.37 bits per heavy atom. The highest BCUT2D eigenvalue weighted by Crippen LogP contribution is 2.38. The second-order valence-corrected chi connectivity index (χ2v) is 6.40. The van der Waals surface area contributed by atoms with E-state index in [2.05, 4.69) is 20.8 Å². The third-order valence-electron chi connectivity index (χ3n) is 4.27. The van der Waals surface area contributed by atoms with Crippen LogP contribution < -0.4 is 10.6 Å². The van der Waals surface area contributed by atoms with Gasteiger partial charge in [-0.05, 0) is 49.2 Å². The molecule has 3 aromatic rings. The van der Waals surface area contributed by atoms with E-state index in [0.29, 0.717) is 28.6 Å². The van der Waals surface area contributed by atoms with Crippen molar-refractivity contribution in [2.45, 2.75) is 25.3 Å². The molecule has 0 spiro atoms. The average Bonchev–Trinajstić information content (AvgIpc) is 3.45. The van der Waals surface area contributed by atoms with Crippen LogP contribution in [0.1, 0.15) is 51.2 Å². The van der Waals surface area contributed by atoms with Gasteiger partial charge in [-0.25, -0.2) is 0 Å². The molecule has 0 radical (unpaired) electrons. The van der Waals surface area contributed by atoms with Gasteiger partial charge in [-0.15, -0.1) is 0 Å². The first-order valence-corrected chi connectivity index (χ1v) is 8.76. The molecule has 0 saturated heterocycles.